The lowest BCUT2D eigenvalue weighted by Gasteiger charge is -2.23. The van der Waals surface area contributed by atoms with Crippen LogP contribution in [0.15, 0.2) is 18.2 Å². The first-order chi connectivity index (χ1) is 9.31. The molecule has 0 aliphatic rings. The Morgan fingerprint density at radius 2 is 1.95 bits per heavy atom. The zero-order valence-electron chi connectivity index (χ0n) is 12.2. The van der Waals surface area contributed by atoms with Crippen molar-refractivity contribution in [2.24, 2.45) is 0 Å². The Hall–Kier alpha value is -1.17. The van der Waals surface area contributed by atoms with Crippen molar-refractivity contribution in [2.75, 3.05) is 52.5 Å². The van der Waals surface area contributed by atoms with Crippen molar-refractivity contribution < 1.29 is 9.47 Å². The van der Waals surface area contributed by atoms with E-state index in [0.717, 1.165) is 44.2 Å². The topological polar surface area (TPSA) is 46.6 Å². The SMILES string of the molecule is CNCc1cccc(N(CCCOC)CCOC)n1. The molecule has 5 heteroatoms. The highest BCUT2D eigenvalue weighted by atomic mass is 16.5. The molecule has 1 N–H and O–H groups in total. The Morgan fingerprint density at radius 3 is 2.63 bits per heavy atom. The van der Waals surface area contributed by atoms with Crippen LogP contribution in [0.3, 0.4) is 0 Å². The summed E-state index contributed by atoms with van der Waals surface area (Å²) in [6.45, 7) is 4.01. The van der Waals surface area contributed by atoms with Gasteiger partial charge in [0.2, 0.25) is 0 Å². The van der Waals surface area contributed by atoms with Gasteiger partial charge in [0.15, 0.2) is 0 Å². The van der Waals surface area contributed by atoms with Crippen molar-refractivity contribution in [3.05, 3.63) is 23.9 Å². The van der Waals surface area contributed by atoms with Gasteiger partial charge in [0, 0.05) is 40.5 Å². The Balaban J connectivity index is 2.68. The summed E-state index contributed by atoms with van der Waals surface area (Å²) in [5.74, 6) is 1.00. The predicted octanol–water partition coefficient (Wildman–Crippen LogP) is 1.29. The molecule has 0 amide bonds. The van der Waals surface area contributed by atoms with E-state index in [1.165, 1.54) is 0 Å². The van der Waals surface area contributed by atoms with E-state index in [2.05, 4.69) is 15.2 Å². The van der Waals surface area contributed by atoms with Crippen LogP contribution in [-0.2, 0) is 16.0 Å². The molecule has 0 spiro atoms. The van der Waals surface area contributed by atoms with Gasteiger partial charge in [0.05, 0.1) is 12.3 Å². The van der Waals surface area contributed by atoms with Gasteiger partial charge in [-0.15, -0.1) is 0 Å². The number of methoxy groups -OCH3 is 2. The maximum absolute atomic E-state index is 5.16. The maximum atomic E-state index is 5.16. The molecule has 5 nitrogen and oxygen atoms in total. The van der Waals surface area contributed by atoms with Crippen LogP contribution in [0.25, 0.3) is 0 Å². The van der Waals surface area contributed by atoms with E-state index >= 15 is 0 Å². The fourth-order valence-corrected chi connectivity index (χ4v) is 1.86. The summed E-state index contributed by atoms with van der Waals surface area (Å²) in [4.78, 5) is 6.90. The van der Waals surface area contributed by atoms with Gasteiger partial charge in [0.25, 0.3) is 0 Å². The normalized spacial score (nSPS) is 10.7. The molecule has 0 fully saturated rings. The second-order valence-electron chi connectivity index (χ2n) is 4.34. The van der Waals surface area contributed by atoms with Gasteiger partial charge >= 0.3 is 0 Å². The zero-order valence-corrected chi connectivity index (χ0v) is 12.2. The van der Waals surface area contributed by atoms with Gasteiger partial charge in [-0.3, -0.25) is 0 Å². The standard InChI is InChI=1S/C14H25N3O2/c1-15-12-13-6-4-7-14(16-13)17(9-11-19-3)8-5-10-18-2/h4,6-7,15H,5,8-12H2,1-3H3. The summed E-state index contributed by atoms with van der Waals surface area (Å²) in [6.07, 6.45) is 0.984. The summed E-state index contributed by atoms with van der Waals surface area (Å²) in [5, 5.41) is 3.12. The molecule has 0 saturated heterocycles. The average molecular weight is 267 g/mol. The Bertz CT molecular complexity index is 347. The van der Waals surface area contributed by atoms with Crippen LogP contribution in [0.4, 0.5) is 5.82 Å². The van der Waals surface area contributed by atoms with Crippen molar-refractivity contribution in [3.63, 3.8) is 0 Å². The van der Waals surface area contributed by atoms with E-state index in [4.69, 9.17) is 9.47 Å². The molecular weight excluding hydrogens is 242 g/mol. The van der Waals surface area contributed by atoms with Crippen LogP contribution in [-0.4, -0.2) is 52.6 Å². The second-order valence-corrected chi connectivity index (χ2v) is 4.34. The van der Waals surface area contributed by atoms with Crippen molar-refractivity contribution in [1.29, 1.82) is 0 Å². The van der Waals surface area contributed by atoms with E-state index in [9.17, 15) is 0 Å². The predicted molar refractivity (Wildman–Crippen MR) is 77.6 cm³/mol. The highest BCUT2D eigenvalue weighted by molar-refractivity contribution is 5.39. The molecule has 0 aromatic carbocycles. The first-order valence-electron chi connectivity index (χ1n) is 6.65. The molecule has 0 radical (unpaired) electrons. The number of aromatic nitrogens is 1. The van der Waals surface area contributed by atoms with E-state index in [0.29, 0.717) is 6.61 Å². The monoisotopic (exact) mass is 267 g/mol. The minimum absolute atomic E-state index is 0.699. The molecule has 0 aliphatic heterocycles. The average Bonchev–Trinajstić information content (AvgIpc) is 2.43. The lowest BCUT2D eigenvalue weighted by atomic mass is 10.3. The second kappa shape index (κ2) is 9.72. The molecule has 0 aliphatic carbocycles. The largest absolute Gasteiger partial charge is 0.385 e. The fourth-order valence-electron chi connectivity index (χ4n) is 1.86. The number of rotatable bonds is 10. The molecule has 1 aromatic rings. The highest BCUT2D eigenvalue weighted by Crippen LogP contribution is 2.12. The molecular formula is C14H25N3O2. The molecule has 19 heavy (non-hydrogen) atoms. The fraction of sp³-hybridized carbons (Fsp3) is 0.643. The van der Waals surface area contributed by atoms with Crippen LogP contribution in [0.1, 0.15) is 12.1 Å². The Kier molecular flexibility index (Phi) is 8.13. The summed E-state index contributed by atoms with van der Waals surface area (Å²) >= 11 is 0. The highest BCUT2D eigenvalue weighted by Gasteiger charge is 2.08. The van der Waals surface area contributed by atoms with E-state index in [1.807, 2.05) is 25.2 Å². The van der Waals surface area contributed by atoms with Gasteiger partial charge in [-0.25, -0.2) is 4.98 Å². The smallest absolute Gasteiger partial charge is 0.128 e. The quantitative estimate of drug-likeness (QED) is 0.647. The van der Waals surface area contributed by atoms with Crippen LogP contribution >= 0.6 is 0 Å². The van der Waals surface area contributed by atoms with Crippen LogP contribution in [0.2, 0.25) is 0 Å². The summed E-state index contributed by atoms with van der Waals surface area (Å²) in [5.41, 5.74) is 1.05. The van der Waals surface area contributed by atoms with Gasteiger partial charge in [-0.1, -0.05) is 6.07 Å². The summed E-state index contributed by atoms with van der Waals surface area (Å²) < 4.78 is 10.3. The van der Waals surface area contributed by atoms with Crippen molar-refractivity contribution in [3.8, 4) is 0 Å². The van der Waals surface area contributed by atoms with Gasteiger partial charge < -0.3 is 19.7 Å². The lowest BCUT2D eigenvalue weighted by Crippen LogP contribution is -2.30. The Labute approximate surface area is 115 Å². The molecule has 0 bridgehead atoms. The minimum atomic E-state index is 0.699. The van der Waals surface area contributed by atoms with Crippen LogP contribution in [0, 0.1) is 0 Å². The maximum Gasteiger partial charge on any atom is 0.128 e. The molecule has 1 heterocycles. The molecule has 1 rings (SSSR count). The van der Waals surface area contributed by atoms with Gasteiger partial charge in [-0.2, -0.15) is 0 Å². The van der Waals surface area contributed by atoms with Gasteiger partial charge in [-0.05, 0) is 25.6 Å². The van der Waals surface area contributed by atoms with Crippen LogP contribution in [0.5, 0.6) is 0 Å². The number of anilines is 1. The Morgan fingerprint density at radius 1 is 1.16 bits per heavy atom. The number of ether oxygens (including phenoxy) is 2. The minimum Gasteiger partial charge on any atom is -0.385 e. The van der Waals surface area contributed by atoms with E-state index < -0.39 is 0 Å². The van der Waals surface area contributed by atoms with E-state index in [-0.39, 0.29) is 0 Å². The molecule has 108 valence electrons. The first kappa shape index (κ1) is 15.9. The van der Waals surface area contributed by atoms with Gasteiger partial charge in [0.1, 0.15) is 5.82 Å². The summed E-state index contributed by atoms with van der Waals surface area (Å²) in [7, 11) is 5.37. The van der Waals surface area contributed by atoms with Crippen LogP contribution < -0.4 is 10.2 Å². The number of hydrogen-bond acceptors (Lipinski definition) is 5. The third-order valence-corrected chi connectivity index (χ3v) is 2.82. The number of hydrogen-bond donors (Lipinski definition) is 1. The number of pyridine rings is 1. The molecule has 0 saturated carbocycles. The lowest BCUT2D eigenvalue weighted by molar-refractivity contribution is 0.191. The third-order valence-electron chi connectivity index (χ3n) is 2.82. The van der Waals surface area contributed by atoms with Crippen molar-refractivity contribution in [1.82, 2.24) is 10.3 Å². The molecule has 1 aromatic heterocycles. The number of nitrogens with zero attached hydrogens (tertiary/aromatic N) is 2. The third kappa shape index (κ3) is 6.00. The molecule has 0 unspecified atom stereocenters. The first-order valence-corrected chi connectivity index (χ1v) is 6.65. The summed E-state index contributed by atoms with van der Waals surface area (Å²) in [6, 6.07) is 6.12. The zero-order chi connectivity index (χ0) is 13.9. The van der Waals surface area contributed by atoms with Crippen molar-refractivity contribution >= 4 is 5.82 Å². The van der Waals surface area contributed by atoms with Crippen molar-refractivity contribution in [2.45, 2.75) is 13.0 Å². The molecule has 0 atom stereocenters. The number of nitrogens with one attached hydrogen (secondary N) is 1. The van der Waals surface area contributed by atoms with E-state index in [1.54, 1.807) is 14.2 Å².